The lowest BCUT2D eigenvalue weighted by Crippen LogP contribution is -2.47. The molecule has 0 bridgehead atoms. The number of aromatic nitrogens is 2. The van der Waals surface area contributed by atoms with Gasteiger partial charge in [0, 0.05) is 51.5 Å². The monoisotopic (exact) mass is 462 g/mol. The van der Waals surface area contributed by atoms with Crippen molar-refractivity contribution in [2.75, 3.05) is 57.4 Å². The van der Waals surface area contributed by atoms with Crippen molar-refractivity contribution in [3.8, 4) is 0 Å². The van der Waals surface area contributed by atoms with Crippen LogP contribution in [0.5, 0.6) is 0 Å². The number of rotatable bonds is 9. The highest BCUT2D eigenvalue weighted by Gasteiger charge is 2.19. The van der Waals surface area contributed by atoms with Gasteiger partial charge in [-0.25, -0.2) is 14.8 Å². The first-order valence-electron chi connectivity index (χ1n) is 8.32. The van der Waals surface area contributed by atoms with Gasteiger partial charge in [-0.2, -0.15) is 0 Å². The second kappa shape index (κ2) is 10.6. The zero-order chi connectivity index (χ0) is 18.1. The zero-order valence-electron chi connectivity index (χ0n) is 14.3. The smallest absolute Gasteiger partial charge is 0.341 e. The molecule has 0 amide bonds. The Bertz CT molecular complexity index is 562. The van der Waals surface area contributed by atoms with Crippen LogP contribution < -0.4 is 4.90 Å². The Hall–Kier alpha value is -1.33. The number of halogens is 1. The van der Waals surface area contributed by atoms with Gasteiger partial charge in [0.25, 0.3) is 0 Å². The third-order valence-corrected chi connectivity index (χ3v) is 4.34. The highest BCUT2D eigenvalue weighted by molar-refractivity contribution is 14.1. The Morgan fingerprint density at radius 2 is 1.84 bits per heavy atom. The summed E-state index contributed by atoms with van der Waals surface area (Å²) in [6.45, 7) is 7.52. The topological polar surface area (TPSA) is 84.9 Å². The van der Waals surface area contributed by atoms with Gasteiger partial charge in [-0.3, -0.25) is 9.69 Å². The first-order chi connectivity index (χ1) is 12.1. The van der Waals surface area contributed by atoms with Crippen molar-refractivity contribution < 1.29 is 19.1 Å². The fourth-order valence-electron chi connectivity index (χ4n) is 2.42. The molecule has 0 N–H and O–H groups in total. The van der Waals surface area contributed by atoms with Crippen LogP contribution in [-0.2, 0) is 14.3 Å². The predicted octanol–water partition coefficient (Wildman–Crippen LogP) is 1.14. The van der Waals surface area contributed by atoms with Crippen molar-refractivity contribution in [1.29, 1.82) is 0 Å². The zero-order valence-corrected chi connectivity index (χ0v) is 16.5. The number of piperazine rings is 1. The Labute approximate surface area is 161 Å². The van der Waals surface area contributed by atoms with Gasteiger partial charge in [-0.15, -0.1) is 0 Å². The molecule has 1 aromatic heterocycles. The van der Waals surface area contributed by atoms with E-state index in [4.69, 9.17) is 9.47 Å². The second-order valence-electron chi connectivity index (χ2n) is 5.54. The molecule has 1 aliphatic rings. The van der Waals surface area contributed by atoms with Gasteiger partial charge < -0.3 is 14.4 Å². The first-order valence-corrected chi connectivity index (χ1v) is 9.40. The fourth-order valence-corrected chi connectivity index (χ4v) is 2.64. The number of nitrogens with zero attached hydrogens (tertiary/aromatic N) is 4. The maximum absolute atomic E-state index is 11.6. The molecule has 0 unspecified atom stereocenters. The van der Waals surface area contributed by atoms with Gasteiger partial charge in [0.1, 0.15) is 0 Å². The molecule has 138 valence electrons. The quantitative estimate of drug-likeness (QED) is 0.234. The van der Waals surface area contributed by atoms with Gasteiger partial charge in [0.2, 0.25) is 5.95 Å². The van der Waals surface area contributed by atoms with E-state index in [0.717, 1.165) is 32.7 Å². The van der Waals surface area contributed by atoms with Crippen LogP contribution >= 0.6 is 22.6 Å². The van der Waals surface area contributed by atoms with Crippen LogP contribution in [0.25, 0.3) is 0 Å². The van der Waals surface area contributed by atoms with Crippen LogP contribution in [0.1, 0.15) is 23.7 Å². The minimum absolute atomic E-state index is 0.125. The van der Waals surface area contributed by atoms with Crippen molar-refractivity contribution >= 4 is 38.3 Å². The average Bonchev–Trinajstić information content (AvgIpc) is 2.62. The third kappa shape index (κ3) is 6.83. The Morgan fingerprint density at radius 3 is 2.44 bits per heavy atom. The van der Waals surface area contributed by atoms with Crippen molar-refractivity contribution in [3.05, 3.63) is 18.0 Å². The van der Waals surface area contributed by atoms with Crippen LogP contribution in [0, 0.1) is 0 Å². The summed E-state index contributed by atoms with van der Waals surface area (Å²) in [6, 6.07) is 0. The summed E-state index contributed by atoms with van der Waals surface area (Å²) in [4.78, 5) is 35.4. The average molecular weight is 462 g/mol. The van der Waals surface area contributed by atoms with Gasteiger partial charge in [-0.05, 0) is 29.5 Å². The van der Waals surface area contributed by atoms with E-state index in [-0.39, 0.29) is 3.79 Å². The molecule has 0 saturated carbocycles. The number of carbonyl (C=O) groups excluding carboxylic acids is 2. The van der Waals surface area contributed by atoms with Crippen molar-refractivity contribution in [2.45, 2.75) is 13.3 Å². The highest BCUT2D eigenvalue weighted by Crippen LogP contribution is 2.11. The van der Waals surface area contributed by atoms with Gasteiger partial charge in [0.05, 0.1) is 25.4 Å². The van der Waals surface area contributed by atoms with Gasteiger partial charge in [0.15, 0.2) is 3.79 Å². The van der Waals surface area contributed by atoms with E-state index in [1.54, 1.807) is 29.5 Å². The van der Waals surface area contributed by atoms with Crippen LogP contribution in [0.2, 0.25) is 0 Å². The molecule has 25 heavy (non-hydrogen) atoms. The number of hydrogen-bond acceptors (Lipinski definition) is 8. The van der Waals surface area contributed by atoms with E-state index >= 15 is 0 Å². The largest absolute Gasteiger partial charge is 0.462 e. The number of carbonyl (C=O) groups is 2. The molecule has 1 aromatic rings. The molecule has 0 aromatic carbocycles. The summed E-state index contributed by atoms with van der Waals surface area (Å²) in [5.74, 6) is 0.229. The van der Waals surface area contributed by atoms with E-state index < -0.39 is 5.97 Å². The van der Waals surface area contributed by atoms with Crippen LogP contribution in [0.15, 0.2) is 12.4 Å². The first kappa shape index (κ1) is 20.0. The maximum atomic E-state index is 11.6. The molecule has 1 saturated heterocycles. The Kier molecular flexibility index (Phi) is 8.49. The number of esters is 1. The molecule has 0 radical (unpaired) electrons. The van der Waals surface area contributed by atoms with E-state index in [1.807, 2.05) is 0 Å². The minimum Gasteiger partial charge on any atom is -0.462 e. The number of ether oxygens (including phenoxy) is 2. The van der Waals surface area contributed by atoms with E-state index in [1.165, 1.54) is 12.4 Å². The Morgan fingerprint density at radius 1 is 1.16 bits per heavy atom. The van der Waals surface area contributed by atoms with Gasteiger partial charge in [-0.1, -0.05) is 0 Å². The van der Waals surface area contributed by atoms with Crippen LogP contribution in [0.4, 0.5) is 5.95 Å². The normalized spacial score (nSPS) is 15.2. The molecular formula is C16H23IN4O4. The Balaban J connectivity index is 1.71. The molecule has 2 heterocycles. The number of hydrogen-bond donors (Lipinski definition) is 0. The van der Waals surface area contributed by atoms with Gasteiger partial charge >= 0.3 is 5.97 Å². The minimum atomic E-state index is -0.400. The number of anilines is 1. The van der Waals surface area contributed by atoms with E-state index in [2.05, 4.69) is 19.8 Å². The lowest BCUT2D eigenvalue weighted by molar-refractivity contribution is -0.110. The maximum Gasteiger partial charge on any atom is 0.341 e. The fraction of sp³-hybridized carbons (Fsp3) is 0.625. The van der Waals surface area contributed by atoms with Crippen LogP contribution in [-0.4, -0.2) is 77.2 Å². The van der Waals surface area contributed by atoms with E-state index in [0.29, 0.717) is 37.8 Å². The summed E-state index contributed by atoms with van der Waals surface area (Å²) in [5, 5.41) is 0. The molecule has 0 aliphatic carbocycles. The second-order valence-corrected chi connectivity index (χ2v) is 6.74. The third-order valence-electron chi connectivity index (χ3n) is 3.80. The highest BCUT2D eigenvalue weighted by atomic mass is 127. The van der Waals surface area contributed by atoms with Crippen molar-refractivity contribution in [1.82, 2.24) is 14.9 Å². The molecular weight excluding hydrogens is 439 g/mol. The lowest BCUT2D eigenvalue weighted by Gasteiger charge is -2.34. The molecule has 1 fully saturated rings. The summed E-state index contributed by atoms with van der Waals surface area (Å²) in [7, 11) is 0. The molecule has 0 spiro atoms. The SMILES string of the molecule is CCOC(=O)c1cnc(N2CCN(CCOCCC(=O)I)CC2)nc1. The lowest BCUT2D eigenvalue weighted by atomic mass is 10.3. The molecule has 1 aliphatic heterocycles. The van der Waals surface area contributed by atoms with E-state index in [9.17, 15) is 9.59 Å². The molecule has 8 nitrogen and oxygen atoms in total. The molecule has 2 rings (SSSR count). The predicted molar refractivity (Wildman–Crippen MR) is 101 cm³/mol. The standard InChI is InChI=1S/C16H23IN4O4/c1-2-25-15(23)13-11-18-16(19-12-13)21-6-4-20(5-7-21)8-10-24-9-3-14(17)22/h11-12H,2-10H2,1H3. The molecule has 9 heteroatoms. The summed E-state index contributed by atoms with van der Waals surface area (Å²) < 4.78 is 10.5. The van der Waals surface area contributed by atoms with Crippen LogP contribution in [0.3, 0.4) is 0 Å². The summed E-state index contributed by atoms with van der Waals surface area (Å²) in [6.07, 6.45) is 3.48. The summed E-state index contributed by atoms with van der Waals surface area (Å²) in [5.41, 5.74) is 0.367. The molecule has 0 atom stereocenters. The van der Waals surface area contributed by atoms with Crippen molar-refractivity contribution in [3.63, 3.8) is 0 Å². The van der Waals surface area contributed by atoms with Crippen molar-refractivity contribution in [2.24, 2.45) is 0 Å². The summed E-state index contributed by atoms with van der Waals surface area (Å²) >= 11 is 1.78.